The molecule has 0 radical (unpaired) electrons. The number of halogens is 3. The third kappa shape index (κ3) is 6.46. The van der Waals surface area contributed by atoms with Crippen LogP contribution in [0.25, 0.3) is 11.5 Å². The van der Waals surface area contributed by atoms with E-state index in [1.54, 1.807) is 0 Å². The van der Waals surface area contributed by atoms with Crippen molar-refractivity contribution in [3.63, 3.8) is 0 Å². The Labute approximate surface area is 205 Å². The lowest BCUT2D eigenvalue weighted by Crippen LogP contribution is -2.33. The molecule has 11 heteroatoms. The van der Waals surface area contributed by atoms with E-state index in [2.05, 4.69) is 15.5 Å². The zero-order valence-corrected chi connectivity index (χ0v) is 19.4. The summed E-state index contributed by atoms with van der Waals surface area (Å²) >= 11 is 0. The quantitative estimate of drug-likeness (QED) is 0.369. The molecule has 2 aromatic carbocycles. The van der Waals surface area contributed by atoms with Crippen molar-refractivity contribution in [2.24, 2.45) is 5.92 Å². The Bertz CT molecular complexity index is 1220. The average Bonchev–Trinajstić information content (AvgIpc) is 3.28. The van der Waals surface area contributed by atoms with E-state index in [0.29, 0.717) is 38.3 Å². The molecule has 0 aliphatic heterocycles. The number of H-pyrrole nitrogens is 1. The summed E-state index contributed by atoms with van der Waals surface area (Å²) in [5, 5.41) is 18.4. The van der Waals surface area contributed by atoms with E-state index in [1.807, 2.05) is 30.3 Å². The maximum atomic E-state index is 13.6. The fourth-order valence-electron chi connectivity index (χ4n) is 4.60. The third-order valence-electron chi connectivity index (χ3n) is 6.51. The normalized spacial score (nSPS) is 18.1. The summed E-state index contributed by atoms with van der Waals surface area (Å²) in [6.45, 7) is 0.724. The maximum Gasteiger partial charge on any atom is 0.434 e. The number of nitrogens with zero attached hydrogens (tertiary/aromatic N) is 2. The first-order chi connectivity index (χ1) is 17.2. The van der Waals surface area contributed by atoms with Gasteiger partial charge < -0.3 is 19.7 Å². The Balaban J connectivity index is 1.36. The topological polar surface area (TPSA) is 111 Å². The van der Waals surface area contributed by atoms with Crippen LogP contribution >= 0.6 is 0 Å². The summed E-state index contributed by atoms with van der Waals surface area (Å²) in [5.41, 5.74) is 0.285. The van der Waals surface area contributed by atoms with Gasteiger partial charge in [0.2, 0.25) is 5.89 Å². The van der Waals surface area contributed by atoms with Crippen LogP contribution in [0.4, 0.5) is 23.7 Å². The molecule has 4 rings (SSSR count). The SMILES string of the molecule is O=C(O)N(CC[C@H]1CC[C@H](Nc2cc(-c3n[nH]c(=O)o3)ccc2C(F)(F)F)CC1)Cc1ccccc1. The van der Waals surface area contributed by atoms with Gasteiger partial charge in [0, 0.05) is 30.4 Å². The Hall–Kier alpha value is -3.76. The van der Waals surface area contributed by atoms with Crippen molar-refractivity contribution in [2.75, 3.05) is 11.9 Å². The fourth-order valence-corrected chi connectivity index (χ4v) is 4.60. The van der Waals surface area contributed by atoms with E-state index in [9.17, 15) is 27.9 Å². The minimum absolute atomic E-state index is 0.0843. The van der Waals surface area contributed by atoms with E-state index >= 15 is 0 Å². The summed E-state index contributed by atoms with van der Waals surface area (Å²) in [4.78, 5) is 24.3. The number of aromatic nitrogens is 2. The molecule has 1 fully saturated rings. The molecule has 0 atom stereocenters. The van der Waals surface area contributed by atoms with Crippen LogP contribution in [0, 0.1) is 5.92 Å². The van der Waals surface area contributed by atoms with Gasteiger partial charge in [0.25, 0.3) is 0 Å². The van der Waals surface area contributed by atoms with Gasteiger partial charge >= 0.3 is 18.0 Å². The van der Waals surface area contributed by atoms with Crippen LogP contribution in [-0.2, 0) is 12.7 Å². The monoisotopic (exact) mass is 504 g/mol. The first-order valence-electron chi connectivity index (χ1n) is 11.7. The van der Waals surface area contributed by atoms with Gasteiger partial charge in [0.05, 0.1) is 5.56 Å². The van der Waals surface area contributed by atoms with Gasteiger partial charge in [0.1, 0.15) is 0 Å². The Morgan fingerprint density at radius 2 is 1.86 bits per heavy atom. The Morgan fingerprint density at radius 1 is 1.14 bits per heavy atom. The highest BCUT2D eigenvalue weighted by Crippen LogP contribution is 2.38. The van der Waals surface area contributed by atoms with Crippen molar-refractivity contribution in [1.82, 2.24) is 15.1 Å². The number of aromatic amines is 1. The summed E-state index contributed by atoms with van der Waals surface area (Å²) in [5.74, 6) is -0.575. The lowest BCUT2D eigenvalue weighted by Gasteiger charge is -2.31. The molecule has 8 nitrogen and oxygen atoms in total. The van der Waals surface area contributed by atoms with E-state index in [0.717, 1.165) is 24.5 Å². The van der Waals surface area contributed by atoms with Crippen LogP contribution in [0.15, 0.2) is 57.7 Å². The molecule has 0 bridgehead atoms. The van der Waals surface area contributed by atoms with E-state index in [4.69, 9.17) is 4.42 Å². The number of alkyl halides is 3. The highest BCUT2D eigenvalue weighted by molar-refractivity contribution is 5.66. The van der Waals surface area contributed by atoms with Crippen LogP contribution in [0.2, 0.25) is 0 Å². The van der Waals surface area contributed by atoms with Gasteiger partial charge in [-0.2, -0.15) is 13.2 Å². The Morgan fingerprint density at radius 3 is 2.47 bits per heavy atom. The van der Waals surface area contributed by atoms with E-state index in [-0.39, 0.29) is 23.2 Å². The third-order valence-corrected chi connectivity index (χ3v) is 6.51. The Kier molecular flexibility index (Phi) is 7.66. The molecule has 1 heterocycles. The summed E-state index contributed by atoms with van der Waals surface area (Å²) < 4.78 is 45.7. The van der Waals surface area contributed by atoms with Crippen LogP contribution in [0.3, 0.4) is 0 Å². The lowest BCUT2D eigenvalue weighted by atomic mass is 9.84. The van der Waals surface area contributed by atoms with Gasteiger partial charge in [-0.1, -0.05) is 30.3 Å². The molecule has 0 saturated heterocycles. The average molecular weight is 505 g/mol. The van der Waals surface area contributed by atoms with Crippen molar-refractivity contribution in [1.29, 1.82) is 0 Å². The first kappa shape index (κ1) is 25.3. The smallest absolute Gasteiger partial charge is 0.434 e. The largest absolute Gasteiger partial charge is 0.465 e. The number of hydrogen-bond donors (Lipinski definition) is 3. The number of rotatable bonds is 8. The van der Waals surface area contributed by atoms with E-state index in [1.165, 1.54) is 17.0 Å². The molecule has 36 heavy (non-hydrogen) atoms. The van der Waals surface area contributed by atoms with E-state index < -0.39 is 23.6 Å². The molecule has 1 aliphatic rings. The predicted molar refractivity (Wildman–Crippen MR) is 126 cm³/mol. The summed E-state index contributed by atoms with van der Waals surface area (Å²) in [6, 6.07) is 12.7. The summed E-state index contributed by atoms with van der Waals surface area (Å²) in [6.07, 6.45) is -1.93. The first-order valence-corrected chi connectivity index (χ1v) is 11.7. The molecule has 1 aliphatic carbocycles. The van der Waals surface area contributed by atoms with Crippen LogP contribution < -0.4 is 11.1 Å². The number of amides is 1. The second-order valence-corrected chi connectivity index (χ2v) is 9.02. The molecule has 1 amide bonds. The number of carbonyl (C=O) groups is 1. The van der Waals surface area contributed by atoms with Gasteiger partial charge in [-0.3, -0.25) is 0 Å². The van der Waals surface area contributed by atoms with Crippen LogP contribution in [-0.4, -0.2) is 38.9 Å². The van der Waals surface area contributed by atoms with Crippen molar-refractivity contribution in [2.45, 2.75) is 50.9 Å². The number of hydrogen-bond acceptors (Lipinski definition) is 5. The zero-order chi connectivity index (χ0) is 25.7. The highest BCUT2D eigenvalue weighted by Gasteiger charge is 2.35. The summed E-state index contributed by atoms with van der Waals surface area (Å²) in [7, 11) is 0. The second kappa shape index (κ2) is 10.9. The molecular weight excluding hydrogens is 477 g/mol. The van der Waals surface area contributed by atoms with Crippen molar-refractivity contribution < 1.29 is 27.5 Å². The second-order valence-electron chi connectivity index (χ2n) is 9.02. The highest BCUT2D eigenvalue weighted by atomic mass is 19.4. The molecule has 3 N–H and O–H groups in total. The molecule has 1 saturated carbocycles. The minimum atomic E-state index is -4.55. The van der Waals surface area contributed by atoms with Crippen LogP contribution in [0.1, 0.15) is 43.2 Å². The standard InChI is InChI=1S/C25H27F3N4O4/c26-25(27,28)20-11-8-18(22-30-31-23(33)36-22)14-21(20)29-19-9-6-16(7-10-19)12-13-32(24(34)35)15-17-4-2-1-3-5-17/h1-5,8,11,14,16,19,29H,6-7,9-10,12-13,15H2,(H,31,33)(H,34,35)/t16-,19-. The molecule has 1 aromatic heterocycles. The minimum Gasteiger partial charge on any atom is -0.465 e. The number of anilines is 1. The lowest BCUT2D eigenvalue weighted by molar-refractivity contribution is -0.137. The molecule has 0 unspecified atom stereocenters. The maximum absolute atomic E-state index is 13.6. The predicted octanol–water partition coefficient (Wildman–Crippen LogP) is 5.59. The van der Waals surface area contributed by atoms with Crippen LogP contribution in [0.5, 0.6) is 0 Å². The molecule has 192 valence electrons. The zero-order valence-electron chi connectivity index (χ0n) is 19.4. The van der Waals surface area contributed by atoms with Crippen molar-refractivity contribution in [3.05, 3.63) is 70.2 Å². The molecule has 3 aromatic rings. The van der Waals surface area contributed by atoms with Gasteiger partial charge in [-0.05, 0) is 61.8 Å². The number of nitrogens with one attached hydrogen (secondary N) is 2. The van der Waals surface area contributed by atoms with Crippen molar-refractivity contribution in [3.8, 4) is 11.5 Å². The van der Waals surface area contributed by atoms with Crippen molar-refractivity contribution >= 4 is 11.8 Å². The molecule has 0 spiro atoms. The fraction of sp³-hybridized carbons (Fsp3) is 0.400. The number of carboxylic acid groups (broad SMARTS) is 1. The number of benzene rings is 2. The van der Waals surface area contributed by atoms with Gasteiger partial charge in [0.15, 0.2) is 0 Å². The van der Waals surface area contributed by atoms with Gasteiger partial charge in [-0.25, -0.2) is 14.7 Å². The van der Waals surface area contributed by atoms with Gasteiger partial charge in [-0.15, -0.1) is 5.10 Å². The molecular formula is C25H27F3N4O4.